The summed E-state index contributed by atoms with van der Waals surface area (Å²) in [5.74, 6) is 1.18. The molecule has 2 nitrogen and oxygen atoms in total. The topological polar surface area (TPSA) is 25.2 Å². The number of furan rings is 1. The Kier molecular flexibility index (Phi) is 7.63. The van der Waals surface area contributed by atoms with Gasteiger partial charge in [0.1, 0.15) is 17.3 Å². The number of halogens is 2. The number of hydrogen-bond acceptors (Lipinski definition) is 2. The van der Waals surface area contributed by atoms with Gasteiger partial charge < -0.3 is 9.73 Å². The zero-order chi connectivity index (χ0) is 16.5. The fourth-order valence-electron chi connectivity index (χ4n) is 2.52. The summed E-state index contributed by atoms with van der Waals surface area (Å²) >= 11 is 5.81. The molecule has 23 heavy (non-hydrogen) atoms. The van der Waals surface area contributed by atoms with Crippen molar-refractivity contribution in [3.8, 4) is 11.3 Å². The van der Waals surface area contributed by atoms with Crippen LogP contribution in [0.3, 0.4) is 0 Å². The van der Waals surface area contributed by atoms with Gasteiger partial charge in [-0.05, 0) is 43.3 Å². The van der Waals surface area contributed by atoms with Crippen LogP contribution in [0.15, 0.2) is 34.7 Å². The first kappa shape index (κ1) is 18.0. The Hall–Kier alpha value is -1.32. The predicted octanol–water partition coefficient (Wildman–Crippen LogP) is 6.19. The lowest BCUT2D eigenvalue weighted by Crippen LogP contribution is -2.14. The van der Waals surface area contributed by atoms with Gasteiger partial charge in [0.25, 0.3) is 0 Å². The Labute approximate surface area is 143 Å². The van der Waals surface area contributed by atoms with Gasteiger partial charge in [-0.25, -0.2) is 4.39 Å². The van der Waals surface area contributed by atoms with Crippen LogP contribution in [0.2, 0.25) is 5.02 Å². The van der Waals surface area contributed by atoms with E-state index in [1.807, 2.05) is 12.1 Å². The van der Waals surface area contributed by atoms with Crippen LogP contribution in [0.5, 0.6) is 0 Å². The van der Waals surface area contributed by atoms with Crippen molar-refractivity contribution in [2.45, 2.75) is 52.0 Å². The molecule has 126 valence electrons. The van der Waals surface area contributed by atoms with Crippen molar-refractivity contribution >= 4 is 11.6 Å². The molecule has 1 aromatic heterocycles. The largest absolute Gasteiger partial charge is 0.460 e. The van der Waals surface area contributed by atoms with E-state index in [1.165, 1.54) is 44.6 Å². The first-order valence-corrected chi connectivity index (χ1v) is 8.83. The molecule has 2 aromatic rings. The Balaban J connectivity index is 1.71. The molecule has 0 amide bonds. The van der Waals surface area contributed by atoms with Crippen LogP contribution >= 0.6 is 11.6 Å². The monoisotopic (exact) mass is 337 g/mol. The van der Waals surface area contributed by atoms with Crippen LogP contribution < -0.4 is 5.32 Å². The Bertz CT molecular complexity index is 597. The highest BCUT2D eigenvalue weighted by Crippen LogP contribution is 2.26. The molecule has 0 spiro atoms. The lowest BCUT2D eigenvalue weighted by molar-refractivity contribution is 0.485. The maximum absolute atomic E-state index is 13.2. The van der Waals surface area contributed by atoms with Crippen LogP contribution in [0.1, 0.15) is 51.2 Å². The number of rotatable bonds is 10. The molecule has 0 radical (unpaired) electrons. The van der Waals surface area contributed by atoms with Gasteiger partial charge >= 0.3 is 0 Å². The normalized spacial score (nSPS) is 11.1. The van der Waals surface area contributed by atoms with Crippen molar-refractivity contribution in [2.75, 3.05) is 6.54 Å². The standard InChI is InChI=1S/C19H25ClFNO/c1-2-3-4-5-6-7-12-22-14-16-9-11-19(23-16)15-8-10-18(21)17(20)13-15/h8-11,13,22H,2-7,12,14H2,1H3. The van der Waals surface area contributed by atoms with Crippen molar-refractivity contribution in [1.82, 2.24) is 5.32 Å². The molecule has 0 aliphatic rings. The van der Waals surface area contributed by atoms with Gasteiger partial charge in [0.05, 0.1) is 11.6 Å². The molecule has 0 aliphatic carbocycles. The van der Waals surface area contributed by atoms with E-state index in [1.54, 1.807) is 12.1 Å². The molecule has 0 atom stereocenters. The Morgan fingerprint density at radius 3 is 2.61 bits per heavy atom. The third-order valence-corrected chi connectivity index (χ3v) is 4.16. The highest BCUT2D eigenvalue weighted by atomic mass is 35.5. The van der Waals surface area contributed by atoms with Crippen molar-refractivity contribution in [1.29, 1.82) is 0 Å². The number of nitrogens with one attached hydrogen (secondary N) is 1. The summed E-state index contributed by atoms with van der Waals surface area (Å²) < 4.78 is 19.0. The number of unbranched alkanes of at least 4 members (excludes halogenated alkanes) is 5. The quantitative estimate of drug-likeness (QED) is 0.523. The second-order valence-electron chi connectivity index (χ2n) is 5.84. The van der Waals surface area contributed by atoms with Crippen LogP contribution in [-0.2, 0) is 6.54 Å². The van der Waals surface area contributed by atoms with Crippen LogP contribution in [0.25, 0.3) is 11.3 Å². The van der Waals surface area contributed by atoms with E-state index < -0.39 is 5.82 Å². The third kappa shape index (κ3) is 6.00. The SMILES string of the molecule is CCCCCCCCNCc1ccc(-c2ccc(F)c(Cl)c2)o1. The molecule has 0 bridgehead atoms. The summed E-state index contributed by atoms with van der Waals surface area (Å²) in [7, 11) is 0. The van der Waals surface area contributed by atoms with E-state index in [4.69, 9.17) is 16.0 Å². The minimum Gasteiger partial charge on any atom is -0.460 e. The molecule has 1 N–H and O–H groups in total. The molecular weight excluding hydrogens is 313 g/mol. The Morgan fingerprint density at radius 2 is 1.83 bits per heavy atom. The molecule has 1 aromatic carbocycles. The third-order valence-electron chi connectivity index (χ3n) is 3.87. The maximum atomic E-state index is 13.2. The first-order chi connectivity index (χ1) is 11.2. The summed E-state index contributed by atoms with van der Waals surface area (Å²) in [5.41, 5.74) is 0.790. The number of benzene rings is 1. The second-order valence-corrected chi connectivity index (χ2v) is 6.25. The van der Waals surface area contributed by atoms with Crippen molar-refractivity contribution in [3.05, 3.63) is 46.9 Å². The van der Waals surface area contributed by atoms with E-state index in [-0.39, 0.29) is 5.02 Å². The molecule has 0 saturated heterocycles. The molecule has 0 unspecified atom stereocenters. The zero-order valence-corrected chi connectivity index (χ0v) is 14.5. The lowest BCUT2D eigenvalue weighted by atomic mass is 10.1. The molecule has 0 fully saturated rings. The van der Waals surface area contributed by atoms with Gasteiger partial charge in [-0.15, -0.1) is 0 Å². The minimum absolute atomic E-state index is 0.113. The molecule has 4 heteroatoms. The summed E-state index contributed by atoms with van der Waals surface area (Å²) in [4.78, 5) is 0. The van der Waals surface area contributed by atoms with Gasteiger partial charge in [-0.3, -0.25) is 0 Å². The van der Waals surface area contributed by atoms with Crippen LogP contribution in [0, 0.1) is 5.82 Å². The van der Waals surface area contributed by atoms with E-state index in [0.717, 1.165) is 17.9 Å². The van der Waals surface area contributed by atoms with Gasteiger partial charge in [-0.1, -0.05) is 50.6 Å². The average molecular weight is 338 g/mol. The highest BCUT2D eigenvalue weighted by molar-refractivity contribution is 6.31. The van der Waals surface area contributed by atoms with E-state index >= 15 is 0 Å². The second kappa shape index (κ2) is 9.74. The summed E-state index contributed by atoms with van der Waals surface area (Å²) in [6.45, 7) is 3.95. The van der Waals surface area contributed by atoms with E-state index in [9.17, 15) is 4.39 Å². The lowest BCUT2D eigenvalue weighted by Gasteiger charge is -2.03. The zero-order valence-electron chi connectivity index (χ0n) is 13.7. The fourth-order valence-corrected chi connectivity index (χ4v) is 2.70. The smallest absolute Gasteiger partial charge is 0.141 e. The summed E-state index contributed by atoms with van der Waals surface area (Å²) in [5, 5.41) is 3.51. The maximum Gasteiger partial charge on any atom is 0.141 e. The fraction of sp³-hybridized carbons (Fsp3) is 0.474. The number of hydrogen-bond donors (Lipinski definition) is 1. The van der Waals surface area contributed by atoms with Crippen LogP contribution in [0.4, 0.5) is 4.39 Å². The average Bonchev–Trinajstić information content (AvgIpc) is 3.01. The molecule has 1 heterocycles. The molecule has 0 aliphatic heterocycles. The minimum atomic E-state index is -0.414. The van der Waals surface area contributed by atoms with Gasteiger partial charge in [0.15, 0.2) is 0 Å². The Morgan fingerprint density at radius 1 is 1.04 bits per heavy atom. The van der Waals surface area contributed by atoms with Crippen molar-refractivity contribution in [3.63, 3.8) is 0 Å². The van der Waals surface area contributed by atoms with E-state index in [0.29, 0.717) is 12.3 Å². The van der Waals surface area contributed by atoms with Gasteiger partial charge in [0.2, 0.25) is 0 Å². The predicted molar refractivity (Wildman–Crippen MR) is 94.2 cm³/mol. The first-order valence-electron chi connectivity index (χ1n) is 8.45. The van der Waals surface area contributed by atoms with E-state index in [2.05, 4.69) is 12.2 Å². The highest BCUT2D eigenvalue weighted by Gasteiger charge is 2.07. The van der Waals surface area contributed by atoms with Gasteiger partial charge in [0, 0.05) is 5.56 Å². The van der Waals surface area contributed by atoms with Crippen molar-refractivity contribution in [2.24, 2.45) is 0 Å². The van der Waals surface area contributed by atoms with Crippen molar-refractivity contribution < 1.29 is 8.81 Å². The van der Waals surface area contributed by atoms with Crippen LogP contribution in [-0.4, -0.2) is 6.54 Å². The summed E-state index contributed by atoms with van der Waals surface area (Å²) in [6, 6.07) is 8.46. The molecule has 0 saturated carbocycles. The summed E-state index contributed by atoms with van der Waals surface area (Å²) in [6.07, 6.45) is 7.79. The van der Waals surface area contributed by atoms with Gasteiger partial charge in [-0.2, -0.15) is 0 Å². The molecule has 2 rings (SSSR count). The molecular formula is C19H25ClFNO.